The molecule has 0 saturated heterocycles. The molecule has 2 unspecified atom stereocenters. The number of hydrogen-bond donors (Lipinski definition) is 0. The van der Waals surface area contributed by atoms with Crippen molar-refractivity contribution in [2.45, 2.75) is 26.1 Å². The Balaban J connectivity index is 1.53. The fraction of sp³-hybridized carbons (Fsp3) is 0.200. The molecule has 0 heterocycles. The molecule has 44 heavy (non-hydrogen) atoms. The molecule has 2 aliphatic carbocycles. The highest BCUT2D eigenvalue weighted by atomic mass is 16.5. The number of rotatable bonds is 6. The highest BCUT2D eigenvalue weighted by Gasteiger charge is 2.34. The molecule has 0 radical (unpaired) electrons. The van der Waals surface area contributed by atoms with Gasteiger partial charge in [-0.2, -0.15) is 0 Å². The molecule has 2 atom stereocenters. The first-order valence-corrected chi connectivity index (χ1v) is 15.5. The molecule has 0 N–H and O–H groups in total. The van der Waals surface area contributed by atoms with E-state index in [9.17, 15) is 0 Å². The normalized spacial score (nSPS) is 16.5. The van der Waals surface area contributed by atoms with Gasteiger partial charge in [-0.3, -0.25) is 0 Å². The van der Waals surface area contributed by atoms with Gasteiger partial charge in [-0.05, 0) is 92.0 Å². The Bertz CT molecular complexity index is 2140. The minimum atomic E-state index is -0.138. The van der Waals surface area contributed by atoms with E-state index in [1.54, 1.807) is 14.2 Å². The Morgan fingerprint density at radius 3 is 1.30 bits per heavy atom. The van der Waals surface area contributed by atoms with Gasteiger partial charge < -0.3 is 18.9 Å². The molecule has 2 aliphatic rings. The predicted molar refractivity (Wildman–Crippen MR) is 179 cm³/mol. The van der Waals surface area contributed by atoms with Crippen LogP contribution in [0.1, 0.15) is 48.3 Å². The van der Waals surface area contributed by atoms with E-state index in [1.807, 2.05) is 0 Å². The third-order valence-electron chi connectivity index (χ3n) is 9.84. The summed E-state index contributed by atoms with van der Waals surface area (Å²) in [6, 6.07) is 30.8. The van der Waals surface area contributed by atoms with Gasteiger partial charge in [0.25, 0.3) is 0 Å². The van der Waals surface area contributed by atoms with Crippen molar-refractivity contribution in [2.24, 2.45) is 0 Å². The highest BCUT2D eigenvalue weighted by Crippen LogP contribution is 2.57. The lowest BCUT2D eigenvalue weighted by Crippen LogP contribution is -2.14. The molecule has 4 heteroatoms. The van der Waals surface area contributed by atoms with Gasteiger partial charge in [0.2, 0.25) is 0 Å². The van der Waals surface area contributed by atoms with Gasteiger partial charge in [0, 0.05) is 34.8 Å². The highest BCUT2D eigenvalue weighted by molar-refractivity contribution is 6.38. The van der Waals surface area contributed by atoms with Crippen LogP contribution < -0.4 is 9.47 Å². The first-order chi connectivity index (χ1) is 21.7. The topological polar surface area (TPSA) is 36.9 Å². The van der Waals surface area contributed by atoms with Crippen LogP contribution in [0.2, 0.25) is 0 Å². The lowest BCUT2D eigenvalue weighted by Gasteiger charge is -2.32. The summed E-state index contributed by atoms with van der Waals surface area (Å²) in [4.78, 5) is 0. The molecule has 0 amide bonds. The van der Waals surface area contributed by atoms with Crippen molar-refractivity contribution in [1.29, 1.82) is 0 Å². The van der Waals surface area contributed by atoms with Crippen molar-refractivity contribution in [3.05, 3.63) is 107 Å². The Morgan fingerprint density at radius 1 is 0.455 bits per heavy atom. The number of benzene rings is 7. The molecule has 216 valence electrons. The van der Waals surface area contributed by atoms with Crippen LogP contribution in [0.25, 0.3) is 65.3 Å². The molecule has 7 aromatic carbocycles. The molecule has 4 nitrogen and oxygen atoms in total. The van der Waals surface area contributed by atoms with Crippen LogP contribution in [0, 0.1) is 0 Å². The predicted octanol–water partition coefficient (Wildman–Crippen LogP) is 9.97. The van der Waals surface area contributed by atoms with E-state index in [4.69, 9.17) is 18.9 Å². The zero-order valence-electron chi connectivity index (χ0n) is 25.3. The summed E-state index contributed by atoms with van der Waals surface area (Å²) >= 11 is 0. The maximum atomic E-state index is 6.47. The van der Waals surface area contributed by atoms with Gasteiger partial charge in [0.15, 0.2) is 0 Å². The van der Waals surface area contributed by atoms with Crippen molar-refractivity contribution < 1.29 is 18.9 Å². The first-order valence-electron chi connectivity index (χ1n) is 15.5. The van der Waals surface area contributed by atoms with E-state index in [-0.39, 0.29) is 12.2 Å². The first kappa shape index (κ1) is 25.8. The zero-order chi connectivity index (χ0) is 29.7. The monoisotopic (exact) mass is 576 g/mol. The number of hydrogen-bond acceptors (Lipinski definition) is 4. The maximum Gasteiger partial charge on any atom is 0.128 e. The van der Waals surface area contributed by atoms with E-state index in [1.165, 1.54) is 76.8 Å². The average Bonchev–Trinajstić information content (AvgIpc) is 3.07. The van der Waals surface area contributed by atoms with Crippen molar-refractivity contribution in [1.82, 2.24) is 0 Å². The van der Waals surface area contributed by atoms with E-state index >= 15 is 0 Å². The quantitative estimate of drug-likeness (QED) is 0.146. The third-order valence-corrected chi connectivity index (χ3v) is 9.84. The maximum absolute atomic E-state index is 6.47. The number of ether oxygens (including phenoxy) is 4. The summed E-state index contributed by atoms with van der Waals surface area (Å²) in [6.45, 7) is 5.40. The summed E-state index contributed by atoms with van der Waals surface area (Å²) in [6.07, 6.45) is -0.276. The van der Waals surface area contributed by atoms with E-state index in [2.05, 4.69) is 98.8 Å². The van der Waals surface area contributed by atoms with Crippen LogP contribution in [0.15, 0.2) is 84.9 Å². The average molecular weight is 577 g/mol. The van der Waals surface area contributed by atoms with E-state index in [0.717, 1.165) is 22.3 Å². The lowest BCUT2D eigenvalue weighted by molar-refractivity contribution is 0.0921. The van der Waals surface area contributed by atoms with Gasteiger partial charge >= 0.3 is 0 Å². The Hall–Kier alpha value is -4.64. The number of methoxy groups -OCH3 is 2. The minimum absolute atomic E-state index is 0.138. The molecular formula is C40H32O4. The van der Waals surface area contributed by atoms with Crippen LogP contribution in [0.4, 0.5) is 0 Å². The molecule has 0 aliphatic heterocycles. The van der Waals surface area contributed by atoms with E-state index < -0.39 is 0 Å². The summed E-state index contributed by atoms with van der Waals surface area (Å²) in [7, 11) is 3.56. The van der Waals surface area contributed by atoms with Gasteiger partial charge in [0.05, 0.1) is 14.2 Å². The van der Waals surface area contributed by atoms with Crippen molar-refractivity contribution in [3.63, 3.8) is 0 Å². The molecular weight excluding hydrogens is 544 g/mol. The summed E-state index contributed by atoms with van der Waals surface area (Å²) in [5, 5.41) is 9.43. The fourth-order valence-corrected chi connectivity index (χ4v) is 8.23. The third kappa shape index (κ3) is 3.14. The lowest BCUT2D eigenvalue weighted by atomic mass is 9.75. The fourth-order valence-electron chi connectivity index (χ4n) is 8.23. The van der Waals surface area contributed by atoms with Gasteiger partial charge in [-0.1, -0.05) is 72.8 Å². The second-order valence-corrected chi connectivity index (χ2v) is 11.8. The summed E-state index contributed by atoms with van der Waals surface area (Å²) in [5.74, 6) is 1.69. The molecule has 0 saturated carbocycles. The summed E-state index contributed by atoms with van der Waals surface area (Å²) in [5.41, 5.74) is 9.53. The van der Waals surface area contributed by atoms with Crippen LogP contribution in [-0.4, -0.2) is 27.4 Å². The smallest absolute Gasteiger partial charge is 0.128 e. The zero-order valence-corrected chi connectivity index (χ0v) is 25.3. The SMILES string of the molecule is CCOC1c2ccccc2-c2cc(OC)c3c4c(OC)cc5c6c(ccc(c7ccc1c2c73)c64)C(OCC)c1ccccc1-5. The number of fused-ring (bicyclic) bond motifs is 6. The van der Waals surface area contributed by atoms with Crippen LogP contribution >= 0.6 is 0 Å². The van der Waals surface area contributed by atoms with E-state index in [0.29, 0.717) is 13.2 Å². The van der Waals surface area contributed by atoms with Gasteiger partial charge in [0.1, 0.15) is 23.7 Å². The van der Waals surface area contributed by atoms with Crippen molar-refractivity contribution in [3.8, 4) is 33.8 Å². The Morgan fingerprint density at radius 2 is 0.886 bits per heavy atom. The molecule has 0 bridgehead atoms. The standard InChI is InChI=1S/C40H32O4/c1-5-43-39-25-13-9-7-11-21(25)29-19-31(41-3)37-35-23(15-17-27(39)33(29)35)24-16-18-28-34-30(20-32(42-4)38(37)36(24)34)22-12-8-10-14-26(22)40(28)44-6-2/h7-20,39-40H,5-6H2,1-4H3. The van der Waals surface area contributed by atoms with Crippen molar-refractivity contribution >= 4 is 43.1 Å². The van der Waals surface area contributed by atoms with Crippen molar-refractivity contribution in [2.75, 3.05) is 27.4 Å². The molecule has 0 aromatic heterocycles. The van der Waals surface area contributed by atoms with Crippen LogP contribution in [-0.2, 0) is 9.47 Å². The second-order valence-electron chi connectivity index (χ2n) is 11.8. The molecule has 0 fully saturated rings. The van der Waals surface area contributed by atoms with Gasteiger partial charge in [-0.15, -0.1) is 0 Å². The Labute approximate surface area is 256 Å². The van der Waals surface area contributed by atoms with Crippen LogP contribution in [0.5, 0.6) is 11.5 Å². The van der Waals surface area contributed by atoms with Crippen LogP contribution in [0.3, 0.4) is 0 Å². The Kier molecular flexibility index (Phi) is 5.53. The largest absolute Gasteiger partial charge is 0.496 e. The molecule has 0 spiro atoms. The minimum Gasteiger partial charge on any atom is -0.496 e. The molecule has 7 aromatic rings. The second kappa shape index (κ2) is 9.43. The van der Waals surface area contributed by atoms with Gasteiger partial charge in [-0.25, -0.2) is 0 Å². The summed E-state index contributed by atoms with van der Waals surface area (Å²) < 4.78 is 25.5. The molecule has 9 rings (SSSR count).